The number of rotatable bonds is 1. The van der Waals surface area contributed by atoms with Gasteiger partial charge in [-0.2, -0.15) is 12.7 Å². The molecule has 2 saturated heterocycles. The Morgan fingerprint density at radius 2 is 2.14 bits per heavy atom. The van der Waals surface area contributed by atoms with Crippen LogP contribution in [-0.2, 0) is 18.9 Å². The molecule has 2 aliphatic heterocycles. The van der Waals surface area contributed by atoms with E-state index in [1.165, 1.54) is 5.06 Å². The Morgan fingerprint density at radius 1 is 1.33 bits per heavy atom. The molecule has 0 N–H and O–H groups in total. The maximum Gasteiger partial charge on any atom is 0.418 e. The number of hydroxylamine groups is 2. The highest BCUT2D eigenvalue weighted by Crippen LogP contribution is 2.45. The standard InChI is InChI=1S/C14H15NO5S/c1-14-8-10(6-7-15(14)20-21(16,17)19-14)12-9-18-13-5-3-2-4-11(12)13/h2-5,9-10H,6-8H2,1H3. The second-order valence-corrected chi connectivity index (χ2v) is 6.85. The molecule has 1 aromatic heterocycles. The molecule has 7 heteroatoms. The van der Waals surface area contributed by atoms with Crippen LogP contribution >= 0.6 is 0 Å². The number of furan rings is 1. The number of hydrogen-bond donors (Lipinski definition) is 0. The van der Waals surface area contributed by atoms with Crippen molar-refractivity contribution in [3.63, 3.8) is 0 Å². The van der Waals surface area contributed by atoms with E-state index in [1.807, 2.05) is 24.3 Å². The third kappa shape index (κ3) is 2.08. The Hall–Kier alpha value is -1.41. The van der Waals surface area contributed by atoms with E-state index in [4.69, 9.17) is 12.9 Å². The first kappa shape index (κ1) is 13.3. The molecular weight excluding hydrogens is 294 g/mol. The number of nitrogens with zero attached hydrogens (tertiary/aromatic N) is 1. The minimum Gasteiger partial charge on any atom is -0.464 e. The second kappa shape index (κ2) is 4.30. The van der Waals surface area contributed by atoms with Crippen LogP contribution < -0.4 is 0 Å². The van der Waals surface area contributed by atoms with Gasteiger partial charge in [-0.1, -0.05) is 18.2 Å². The molecule has 1 aromatic carbocycles. The molecule has 21 heavy (non-hydrogen) atoms. The molecule has 2 fully saturated rings. The van der Waals surface area contributed by atoms with Gasteiger partial charge >= 0.3 is 10.4 Å². The summed E-state index contributed by atoms with van der Waals surface area (Å²) in [5.74, 6) is 0.173. The van der Waals surface area contributed by atoms with E-state index in [1.54, 1.807) is 13.2 Å². The van der Waals surface area contributed by atoms with E-state index in [2.05, 4.69) is 0 Å². The number of benzene rings is 1. The van der Waals surface area contributed by atoms with E-state index in [0.29, 0.717) is 13.0 Å². The molecule has 3 heterocycles. The van der Waals surface area contributed by atoms with Crippen molar-refractivity contribution in [3.05, 3.63) is 36.1 Å². The highest BCUT2D eigenvalue weighted by Gasteiger charge is 2.52. The number of fused-ring (bicyclic) bond motifs is 2. The Balaban J connectivity index is 1.69. The van der Waals surface area contributed by atoms with Crippen LogP contribution in [0.15, 0.2) is 34.9 Å². The fraction of sp³-hybridized carbons (Fsp3) is 0.429. The van der Waals surface area contributed by atoms with E-state index in [-0.39, 0.29) is 5.92 Å². The number of hydrogen-bond acceptors (Lipinski definition) is 6. The van der Waals surface area contributed by atoms with Gasteiger partial charge < -0.3 is 4.42 Å². The highest BCUT2D eigenvalue weighted by atomic mass is 32.3. The predicted octanol–water partition coefficient (Wildman–Crippen LogP) is 2.54. The maximum atomic E-state index is 11.5. The van der Waals surface area contributed by atoms with Crippen LogP contribution in [0.2, 0.25) is 0 Å². The van der Waals surface area contributed by atoms with Crippen molar-refractivity contribution in [3.8, 4) is 0 Å². The molecule has 2 aliphatic rings. The predicted molar refractivity (Wildman–Crippen MR) is 74.4 cm³/mol. The fourth-order valence-corrected chi connectivity index (χ4v) is 4.36. The van der Waals surface area contributed by atoms with Crippen molar-refractivity contribution >= 4 is 21.4 Å². The van der Waals surface area contributed by atoms with Crippen LogP contribution in [0.5, 0.6) is 0 Å². The lowest BCUT2D eigenvalue weighted by Crippen LogP contribution is -2.47. The normalized spacial score (nSPS) is 32.3. The first-order chi connectivity index (χ1) is 9.97. The van der Waals surface area contributed by atoms with Gasteiger partial charge in [-0.25, -0.2) is 4.18 Å². The first-order valence-corrected chi connectivity index (χ1v) is 8.19. The summed E-state index contributed by atoms with van der Waals surface area (Å²) in [5.41, 5.74) is 0.996. The number of para-hydroxylation sites is 1. The van der Waals surface area contributed by atoms with Crippen LogP contribution in [0, 0.1) is 0 Å². The lowest BCUT2D eigenvalue weighted by molar-refractivity contribution is -0.181. The molecule has 0 saturated carbocycles. The summed E-state index contributed by atoms with van der Waals surface area (Å²) < 4.78 is 38.6. The second-order valence-electron chi connectivity index (χ2n) is 5.72. The molecule has 2 aromatic rings. The monoisotopic (exact) mass is 309 g/mol. The van der Waals surface area contributed by atoms with Crippen LogP contribution in [0.3, 0.4) is 0 Å². The average Bonchev–Trinajstić information content (AvgIpc) is 2.94. The SMILES string of the molecule is CC12CC(c3coc4ccccc34)CCN1OS(=O)(=O)O2. The zero-order chi connectivity index (χ0) is 14.7. The smallest absolute Gasteiger partial charge is 0.418 e. The van der Waals surface area contributed by atoms with Crippen molar-refractivity contribution in [1.29, 1.82) is 0 Å². The third-order valence-electron chi connectivity index (χ3n) is 4.25. The van der Waals surface area contributed by atoms with Crippen molar-refractivity contribution in [1.82, 2.24) is 5.06 Å². The van der Waals surface area contributed by atoms with Crippen LogP contribution in [0.1, 0.15) is 31.2 Å². The molecule has 4 rings (SSSR count). The summed E-state index contributed by atoms with van der Waals surface area (Å²) in [6, 6.07) is 7.85. The molecule has 0 amide bonds. The van der Waals surface area contributed by atoms with Gasteiger partial charge in [0.25, 0.3) is 0 Å². The van der Waals surface area contributed by atoms with Crippen LogP contribution in [-0.4, -0.2) is 25.8 Å². The molecule has 0 spiro atoms. The molecule has 0 radical (unpaired) electrons. The van der Waals surface area contributed by atoms with Gasteiger partial charge in [0.2, 0.25) is 0 Å². The fourth-order valence-electron chi connectivity index (χ4n) is 3.29. The first-order valence-electron chi connectivity index (χ1n) is 6.86. The Bertz CT molecular complexity index is 799. The molecule has 0 bridgehead atoms. The van der Waals surface area contributed by atoms with Gasteiger partial charge in [0.15, 0.2) is 5.72 Å². The molecule has 6 nitrogen and oxygen atoms in total. The molecule has 2 unspecified atom stereocenters. The van der Waals surface area contributed by atoms with Crippen molar-refractivity contribution in [2.45, 2.75) is 31.4 Å². The van der Waals surface area contributed by atoms with Gasteiger partial charge in [0, 0.05) is 23.9 Å². The Morgan fingerprint density at radius 3 is 3.00 bits per heavy atom. The van der Waals surface area contributed by atoms with Crippen LogP contribution in [0.25, 0.3) is 11.0 Å². The number of piperidine rings is 1. The van der Waals surface area contributed by atoms with Crippen molar-refractivity contribution in [2.75, 3.05) is 6.54 Å². The van der Waals surface area contributed by atoms with Crippen molar-refractivity contribution < 1.29 is 21.3 Å². The molecule has 112 valence electrons. The summed E-state index contributed by atoms with van der Waals surface area (Å²) in [6.07, 6.45) is 3.09. The van der Waals surface area contributed by atoms with Crippen molar-refractivity contribution in [2.24, 2.45) is 0 Å². The van der Waals surface area contributed by atoms with Gasteiger partial charge in [0.1, 0.15) is 5.58 Å². The van der Waals surface area contributed by atoms with E-state index < -0.39 is 16.1 Å². The quantitative estimate of drug-likeness (QED) is 0.806. The average molecular weight is 309 g/mol. The summed E-state index contributed by atoms with van der Waals surface area (Å²) in [7, 11) is -3.92. The van der Waals surface area contributed by atoms with Gasteiger partial charge in [-0.15, -0.1) is 5.06 Å². The Kier molecular flexibility index (Phi) is 2.71. The largest absolute Gasteiger partial charge is 0.464 e. The lowest BCUT2D eigenvalue weighted by atomic mass is 9.85. The minimum atomic E-state index is -3.92. The van der Waals surface area contributed by atoms with Gasteiger partial charge in [-0.05, 0) is 25.3 Å². The summed E-state index contributed by atoms with van der Waals surface area (Å²) in [6.45, 7) is 2.24. The zero-order valence-electron chi connectivity index (χ0n) is 11.5. The molecule has 2 atom stereocenters. The van der Waals surface area contributed by atoms with E-state index in [9.17, 15) is 8.42 Å². The highest BCUT2D eigenvalue weighted by molar-refractivity contribution is 7.82. The summed E-state index contributed by atoms with van der Waals surface area (Å²) in [4.78, 5) is 0. The minimum absolute atomic E-state index is 0.173. The summed E-state index contributed by atoms with van der Waals surface area (Å²) in [5, 5.41) is 2.49. The third-order valence-corrected chi connectivity index (χ3v) is 5.17. The maximum absolute atomic E-state index is 11.5. The topological polar surface area (TPSA) is 69.0 Å². The van der Waals surface area contributed by atoms with Gasteiger partial charge in [-0.3, -0.25) is 0 Å². The zero-order valence-corrected chi connectivity index (χ0v) is 12.3. The van der Waals surface area contributed by atoms with E-state index in [0.717, 1.165) is 23.0 Å². The molecule has 0 aliphatic carbocycles. The molecular formula is C14H15NO5S. The van der Waals surface area contributed by atoms with Gasteiger partial charge in [0.05, 0.1) is 6.26 Å². The Labute approximate surface area is 122 Å². The summed E-state index contributed by atoms with van der Waals surface area (Å²) >= 11 is 0. The van der Waals surface area contributed by atoms with E-state index >= 15 is 0 Å². The van der Waals surface area contributed by atoms with Crippen LogP contribution in [0.4, 0.5) is 0 Å². The lowest BCUT2D eigenvalue weighted by Gasteiger charge is -2.37.